The lowest BCUT2D eigenvalue weighted by Crippen LogP contribution is -2.12. The summed E-state index contributed by atoms with van der Waals surface area (Å²) in [6.07, 6.45) is 1.43. The highest BCUT2D eigenvalue weighted by Gasteiger charge is 2.03. The van der Waals surface area contributed by atoms with Crippen LogP contribution in [0.5, 0.6) is 11.5 Å². The molecule has 0 aliphatic rings. The molecule has 0 unspecified atom stereocenters. The van der Waals surface area contributed by atoms with E-state index in [1.165, 1.54) is 11.6 Å². The molecule has 0 saturated heterocycles. The molecule has 2 aromatic rings. The van der Waals surface area contributed by atoms with E-state index in [9.17, 15) is 4.79 Å². The van der Waals surface area contributed by atoms with Gasteiger partial charge in [-0.2, -0.15) is 5.26 Å². The van der Waals surface area contributed by atoms with Gasteiger partial charge in [0.25, 0.3) is 5.91 Å². The van der Waals surface area contributed by atoms with E-state index in [2.05, 4.69) is 0 Å². The number of nitrogens with zero attached hydrogens (tertiary/aromatic N) is 1. The Morgan fingerprint density at radius 3 is 1.96 bits per heavy atom. The van der Waals surface area contributed by atoms with E-state index in [-0.39, 0.29) is 5.57 Å². The van der Waals surface area contributed by atoms with Gasteiger partial charge in [0.05, 0.1) is 13.2 Å². The Morgan fingerprint density at radius 2 is 1.48 bits per heavy atom. The van der Waals surface area contributed by atoms with Crippen LogP contribution in [0.1, 0.15) is 11.1 Å². The normalized spacial score (nSPS) is 10.9. The van der Waals surface area contributed by atoms with Gasteiger partial charge in [0.2, 0.25) is 0 Å². The summed E-state index contributed by atoms with van der Waals surface area (Å²) in [5, 5.41) is 8.83. The topological polar surface area (TPSA) is 94.6 Å². The number of rotatable bonds is 10. The van der Waals surface area contributed by atoms with Crippen LogP contribution in [-0.2, 0) is 9.53 Å². The van der Waals surface area contributed by atoms with E-state index in [0.29, 0.717) is 37.7 Å². The molecule has 27 heavy (non-hydrogen) atoms. The summed E-state index contributed by atoms with van der Waals surface area (Å²) in [4.78, 5) is 11.0. The minimum Gasteiger partial charge on any atom is -0.491 e. The molecule has 2 aromatic carbocycles. The Hall–Kier alpha value is -3.30. The third kappa shape index (κ3) is 7.22. The molecule has 2 rings (SSSR count). The lowest BCUT2D eigenvalue weighted by molar-refractivity contribution is -0.114. The number of carbonyl (C=O) groups is 1. The minimum atomic E-state index is -0.749. The molecule has 0 fully saturated rings. The summed E-state index contributed by atoms with van der Waals surface area (Å²) in [5.41, 5.74) is 6.90. The van der Waals surface area contributed by atoms with Crippen molar-refractivity contribution in [3.05, 3.63) is 65.2 Å². The zero-order chi connectivity index (χ0) is 19.5. The number of carbonyl (C=O) groups excluding carboxylic acids is 1. The van der Waals surface area contributed by atoms with Crippen molar-refractivity contribution in [3.63, 3.8) is 0 Å². The maximum Gasteiger partial charge on any atom is 0.259 e. The van der Waals surface area contributed by atoms with Crippen molar-refractivity contribution in [1.29, 1.82) is 5.26 Å². The van der Waals surface area contributed by atoms with Crippen LogP contribution in [-0.4, -0.2) is 32.3 Å². The van der Waals surface area contributed by atoms with Gasteiger partial charge in [-0.15, -0.1) is 0 Å². The number of amides is 1. The Bertz CT molecular complexity index is 806. The molecular weight excluding hydrogens is 344 g/mol. The third-order valence-electron chi connectivity index (χ3n) is 3.59. The lowest BCUT2D eigenvalue weighted by atomic mass is 10.1. The van der Waals surface area contributed by atoms with Crippen molar-refractivity contribution in [3.8, 4) is 17.6 Å². The number of nitriles is 1. The van der Waals surface area contributed by atoms with E-state index in [4.69, 9.17) is 25.2 Å². The van der Waals surface area contributed by atoms with Gasteiger partial charge < -0.3 is 19.9 Å². The summed E-state index contributed by atoms with van der Waals surface area (Å²) >= 11 is 0. The van der Waals surface area contributed by atoms with Crippen LogP contribution in [0.15, 0.2) is 54.1 Å². The quantitative estimate of drug-likeness (QED) is 0.396. The van der Waals surface area contributed by atoms with Gasteiger partial charge in [0, 0.05) is 0 Å². The number of aryl methyl sites for hydroxylation is 1. The predicted octanol–water partition coefficient (Wildman–Crippen LogP) is 2.86. The largest absolute Gasteiger partial charge is 0.491 e. The fraction of sp³-hybridized carbons (Fsp3) is 0.238. The number of hydrogen-bond donors (Lipinski definition) is 1. The second kappa shape index (κ2) is 10.6. The second-order valence-corrected chi connectivity index (χ2v) is 5.73. The Morgan fingerprint density at radius 1 is 0.963 bits per heavy atom. The molecule has 140 valence electrons. The van der Waals surface area contributed by atoms with Crippen LogP contribution >= 0.6 is 0 Å². The summed E-state index contributed by atoms with van der Waals surface area (Å²) in [6.45, 7) is 3.83. The zero-order valence-electron chi connectivity index (χ0n) is 15.2. The van der Waals surface area contributed by atoms with Crippen molar-refractivity contribution in [2.24, 2.45) is 5.73 Å². The zero-order valence-corrected chi connectivity index (χ0v) is 15.2. The van der Waals surface area contributed by atoms with Gasteiger partial charge in [-0.1, -0.05) is 29.8 Å². The number of benzene rings is 2. The van der Waals surface area contributed by atoms with Crippen LogP contribution in [0, 0.1) is 18.3 Å². The van der Waals surface area contributed by atoms with E-state index in [0.717, 1.165) is 5.75 Å². The van der Waals surface area contributed by atoms with Gasteiger partial charge in [-0.25, -0.2) is 0 Å². The number of primary amides is 1. The summed E-state index contributed by atoms with van der Waals surface area (Å²) in [6, 6.07) is 16.6. The molecule has 0 saturated carbocycles. The number of ether oxygens (including phenoxy) is 3. The summed E-state index contributed by atoms with van der Waals surface area (Å²) in [5.74, 6) is 0.746. The fourth-order valence-corrected chi connectivity index (χ4v) is 2.16. The van der Waals surface area contributed by atoms with Crippen LogP contribution in [0.25, 0.3) is 6.08 Å². The van der Waals surface area contributed by atoms with Crippen LogP contribution in [0.4, 0.5) is 0 Å². The van der Waals surface area contributed by atoms with E-state index >= 15 is 0 Å². The van der Waals surface area contributed by atoms with Crippen LogP contribution in [0.3, 0.4) is 0 Å². The van der Waals surface area contributed by atoms with Crippen molar-refractivity contribution in [2.75, 3.05) is 26.4 Å². The highest BCUT2D eigenvalue weighted by Crippen LogP contribution is 2.14. The first kappa shape index (κ1) is 20.0. The molecule has 2 N–H and O–H groups in total. The monoisotopic (exact) mass is 366 g/mol. The highest BCUT2D eigenvalue weighted by molar-refractivity contribution is 6.00. The van der Waals surface area contributed by atoms with Gasteiger partial charge in [-0.05, 0) is 42.8 Å². The predicted molar refractivity (Wildman–Crippen MR) is 102 cm³/mol. The van der Waals surface area contributed by atoms with Gasteiger partial charge in [0.15, 0.2) is 0 Å². The molecule has 0 heterocycles. The molecule has 0 bridgehead atoms. The average Bonchev–Trinajstić information content (AvgIpc) is 2.67. The van der Waals surface area contributed by atoms with Crippen LogP contribution < -0.4 is 15.2 Å². The highest BCUT2D eigenvalue weighted by atomic mass is 16.5. The second-order valence-electron chi connectivity index (χ2n) is 5.73. The molecule has 0 atom stereocenters. The maximum absolute atomic E-state index is 11.0. The maximum atomic E-state index is 11.0. The molecule has 6 nitrogen and oxygen atoms in total. The third-order valence-corrected chi connectivity index (χ3v) is 3.59. The van der Waals surface area contributed by atoms with Crippen molar-refractivity contribution in [1.82, 2.24) is 0 Å². The molecule has 0 spiro atoms. The summed E-state index contributed by atoms with van der Waals surface area (Å²) in [7, 11) is 0. The van der Waals surface area contributed by atoms with Crippen LogP contribution in [0.2, 0.25) is 0 Å². The van der Waals surface area contributed by atoms with Crippen molar-refractivity contribution in [2.45, 2.75) is 6.92 Å². The fourth-order valence-electron chi connectivity index (χ4n) is 2.16. The average molecular weight is 366 g/mol. The smallest absolute Gasteiger partial charge is 0.259 e. The number of nitrogens with two attached hydrogens (primary N) is 1. The molecule has 1 amide bonds. The SMILES string of the molecule is Cc1ccc(OCCOCCOc2ccc(/C=C(\C#N)C(N)=O)cc2)cc1. The lowest BCUT2D eigenvalue weighted by Gasteiger charge is -2.09. The summed E-state index contributed by atoms with van der Waals surface area (Å²) < 4.78 is 16.6. The van der Waals surface area contributed by atoms with Gasteiger partial charge >= 0.3 is 0 Å². The molecule has 6 heteroatoms. The van der Waals surface area contributed by atoms with Gasteiger partial charge in [-0.3, -0.25) is 4.79 Å². The Labute approximate surface area is 158 Å². The van der Waals surface area contributed by atoms with Gasteiger partial charge in [0.1, 0.15) is 36.4 Å². The Balaban J connectivity index is 1.63. The van der Waals surface area contributed by atoms with E-state index in [1.807, 2.05) is 31.2 Å². The first-order chi connectivity index (χ1) is 13.1. The first-order valence-corrected chi connectivity index (χ1v) is 8.50. The Kier molecular flexibility index (Phi) is 7.89. The molecular formula is C21H22N2O4. The number of hydrogen-bond acceptors (Lipinski definition) is 5. The standard InChI is InChI=1S/C21H22N2O4/c1-16-2-6-19(7-3-16)26-12-10-25-11-13-27-20-8-4-17(5-9-20)14-18(15-22)21(23)24/h2-9,14H,10-13H2,1H3,(H2,23,24)/b18-14+. The van der Waals surface area contributed by atoms with E-state index in [1.54, 1.807) is 30.3 Å². The molecule has 0 aliphatic carbocycles. The minimum absolute atomic E-state index is 0.0927. The van der Waals surface area contributed by atoms with E-state index < -0.39 is 5.91 Å². The van der Waals surface area contributed by atoms with Crippen molar-refractivity contribution < 1.29 is 19.0 Å². The molecule has 0 aromatic heterocycles. The first-order valence-electron chi connectivity index (χ1n) is 8.50. The molecule has 0 radical (unpaired) electrons. The molecule has 0 aliphatic heterocycles. The van der Waals surface area contributed by atoms with Crippen molar-refractivity contribution >= 4 is 12.0 Å².